The zero-order valence-corrected chi connectivity index (χ0v) is 20.5. The molecule has 4 rings (SSSR count). The summed E-state index contributed by atoms with van der Waals surface area (Å²) in [7, 11) is 1.60. The van der Waals surface area contributed by atoms with Crippen LogP contribution in [0.1, 0.15) is 52.7 Å². The Morgan fingerprint density at radius 3 is 2.59 bits per heavy atom. The summed E-state index contributed by atoms with van der Waals surface area (Å²) < 4.78 is 11.5. The fraction of sp³-hybridized carbons (Fsp3) is 0.259. The van der Waals surface area contributed by atoms with Crippen molar-refractivity contribution in [1.29, 1.82) is 0 Å². The monoisotopic (exact) mass is 476 g/mol. The quantitative estimate of drug-likeness (QED) is 0.476. The van der Waals surface area contributed by atoms with Gasteiger partial charge in [0, 0.05) is 22.4 Å². The second-order valence-corrected chi connectivity index (χ2v) is 9.87. The van der Waals surface area contributed by atoms with Crippen LogP contribution >= 0.6 is 11.3 Å². The lowest BCUT2D eigenvalue weighted by atomic mass is 9.89. The Morgan fingerprint density at radius 2 is 1.91 bits per heavy atom. The molecule has 0 saturated carbocycles. The van der Waals surface area contributed by atoms with Gasteiger partial charge in [-0.25, -0.2) is 0 Å². The number of nitrogens with one attached hydrogen (secondary N) is 2. The van der Waals surface area contributed by atoms with E-state index in [1.54, 1.807) is 25.3 Å². The minimum atomic E-state index is -0.470. The number of amides is 2. The predicted molar refractivity (Wildman–Crippen MR) is 134 cm³/mol. The highest BCUT2D eigenvalue weighted by atomic mass is 32.1. The highest BCUT2D eigenvalue weighted by molar-refractivity contribution is 7.10. The lowest BCUT2D eigenvalue weighted by Crippen LogP contribution is -2.43. The molecule has 2 heterocycles. The molecule has 176 valence electrons. The molecule has 6 nitrogen and oxygen atoms in total. The van der Waals surface area contributed by atoms with Gasteiger partial charge in [-0.2, -0.15) is 0 Å². The van der Waals surface area contributed by atoms with Crippen LogP contribution in [0.5, 0.6) is 11.5 Å². The number of carbonyl (C=O) groups excluding carboxylic acids is 2. The third kappa shape index (κ3) is 5.48. The maximum absolute atomic E-state index is 13.5. The van der Waals surface area contributed by atoms with Crippen LogP contribution in [0.4, 0.5) is 0 Å². The maximum atomic E-state index is 13.5. The van der Waals surface area contributed by atoms with Gasteiger partial charge >= 0.3 is 0 Å². The van der Waals surface area contributed by atoms with Crippen molar-refractivity contribution >= 4 is 29.2 Å². The zero-order valence-electron chi connectivity index (χ0n) is 19.7. The summed E-state index contributed by atoms with van der Waals surface area (Å²) in [5.41, 5.74) is 2.09. The van der Waals surface area contributed by atoms with Crippen LogP contribution in [0.2, 0.25) is 0 Å². The number of aryl methyl sites for hydroxylation is 1. The second kappa shape index (κ2) is 9.73. The van der Waals surface area contributed by atoms with Crippen molar-refractivity contribution in [2.24, 2.45) is 0 Å². The maximum Gasteiger partial charge on any atom is 0.268 e. The summed E-state index contributed by atoms with van der Waals surface area (Å²) in [6.45, 7) is 5.93. The number of hydrogen-bond donors (Lipinski definition) is 2. The fourth-order valence-electron chi connectivity index (χ4n) is 3.90. The molecule has 1 aliphatic heterocycles. The van der Waals surface area contributed by atoms with Gasteiger partial charge in [0.15, 0.2) is 0 Å². The molecule has 3 aromatic rings. The Morgan fingerprint density at radius 1 is 1.15 bits per heavy atom. The van der Waals surface area contributed by atoms with Gasteiger partial charge in [0.2, 0.25) is 0 Å². The molecular weight excluding hydrogens is 448 g/mol. The van der Waals surface area contributed by atoms with Gasteiger partial charge < -0.3 is 20.1 Å². The highest BCUT2D eigenvalue weighted by Crippen LogP contribution is 2.41. The Kier molecular flexibility index (Phi) is 6.75. The SMILES string of the molecule is COc1ccc2c(c1)[C@@H](NC(=O)/C(=C/c1cccs1)NC(=O)c1ccc(C)cc1)CC(C)(C)O2. The summed E-state index contributed by atoms with van der Waals surface area (Å²) in [6.07, 6.45) is 2.26. The van der Waals surface area contributed by atoms with Crippen molar-refractivity contribution < 1.29 is 19.1 Å². The summed E-state index contributed by atoms with van der Waals surface area (Å²) in [5.74, 6) is 0.677. The molecule has 0 aliphatic carbocycles. The topological polar surface area (TPSA) is 76.7 Å². The van der Waals surface area contributed by atoms with E-state index >= 15 is 0 Å². The van der Waals surface area contributed by atoms with Crippen LogP contribution in [0.3, 0.4) is 0 Å². The Labute approximate surface area is 203 Å². The van der Waals surface area contributed by atoms with Crippen molar-refractivity contribution in [1.82, 2.24) is 10.6 Å². The normalized spacial score (nSPS) is 16.7. The molecule has 7 heteroatoms. The number of thiophene rings is 1. The first-order valence-corrected chi connectivity index (χ1v) is 11.9. The van der Waals surface area contributed by atoms with E-state index in [-0.39, 0.29) is 23.6 Å². The van der Waals surface area contributed by atoms with Gasteiger partial charge in [-0.3, -0.25) is 9.59 Å². The van der Waals surface area contributed by atoms with E-state index in [1.165, 1.54) is 11.3 Å². The first-order chi connectivity index (χ1) is 16.2. The van der Waals surface area contributed by atoms with Gasteiger partial charge in [-0.1, -0.05) is 23.8 Å². The van der Waals surface area contributed by atoms with Gasteiger partial charge in [0.05, 0.1) is 13.2 Å². The minimum absolute atomic E-state index is 0.182. The summed E-state index contributed by atoms with van der Waals surface area (Å²) in [5, 5.41) is 7.84. The number of methoxy groups -OCH3 is 1. The minimum Gasteiger partial charge on any atom is -0.497 e. The predicted octanol–water partition coefficient (Wildman–Crippen LogP) is 5.25. The van der Waals surface area contributed by atoms with Crippen LogP contribution in [0, 0.1) is 6.92 Å². The summed E-state index contributed by atoms with van der Waals surface area (Å²) in [4.78, 5) is 27.2. The van der Waals surface area contributed by atoms with E-state index in [0.717, 1.165) is 16.0 Å². The molecule has 1 atom stereocenters. The van der Waals surface area contributed by atoms with E-state index in [1.807, 2.05) is 68.6 Å². The Bertz CT molecular complexity index is 1210. The zero-order chi connectivity index (χ0) is 24.3. The first-order valence-electron chi connectivity index (χ1n) is 11.0. The van der Waals surface area contributed by atoms with Crippen molar-refractivity contribution in [2.75, 3.05) is 7.11 Å². The van der Waals surface area contributed by atoms with E-state index < -0.39 is 5.60 Å². The van der Waals surface area contributed by atoms with Crippen LogP contribution in [-0.4, -0.2) is 24.5 Å². The van der Waals surface area contributed by atoms with Crippen molar-refractivity contribution in [3.8, 4) is 11.5 Å². The van der Waals surface area contributed by atoms with Crippen molar-refractivity contribution in [3.05, 3.63) is 87.2 Å². The van der Waals surface area contributed by atoms with Crippen LogP contribution < -0.4 is 20.1 Å². The molecule has 1 aromatic heterocycles. The average Bonchev–Trinajstić information content (AvgIpc) is 3.31. The largest absolute Gasteiger partial charge is 0.497 e. The van der Waals surface area contributed by atoms with Crippen molar-refractivity contribution in [2.45, 2.75) is 38.8 Å². The molecular formula is C27H28N2O4S. The number of fused-ring (bicyclic) bond motifs is 1. The van der Waals surface area contributed by atoms with Gasteiger partial charge in [0.1, 0.15) is 22.8 Å². The molecule has 0 bridgehead atoms. The van der Waals surface area contributed by atoms with E-state index in [0.29, 0.717) is 23.5 Å². The molecule has 0 radical (unpaired) electrons. The van der Waals surface area contributed by atoms with Gasteiger partial charge in [-0.15, -0.1) is 11.3 Å². The fourth-order valence-corrected chi connectivity index (χ4v) is 4.56. The molecule has 2 aromatic carbocycles. The van der Waals surface area contributed by atoms with Crippen LogP contribution in [0.25, 0.3) is 6.08 Å². The lowest BCUT2D eigenvalue weighted by molar-refractivity contribution is -0.119. The van der Waals surface area contributed by atoms with E-state index in [9.17, 15) is 9.59 Å². The smallest absolute Gasteiger partial charge is 0.268 e. The first kappa shape index (κ1) is 23.6. The number of rotatable bonds is 6. The summed E-state index contributed by atoms with van der Waals surface area (Å²) >= 11 is 1.49. The molecule has 0 fully saturated rings. The number of ether oxygens (including phenoxy) is 2. The number of hydrogen-bond acceptors (Lipinski definition) is 5. The molecule has 2 amide bonds. The number of benzene rings is 2. The average molecular weight is 477 g/mol. The highest BCUT2D eigenvalue weighted by Gasteiger charge is 2.35. The third-order valence-electron chi connectivity index (χ3n) is 5.62. The van der Waals surface area contributed by atoms with Crippen LogP contribution in [0.15, 0.2) is 65.7 Å². The molecule has 0 saturated heterocycles. The lowest BCUT2D eigenvalue weighted by Gasteiger charge is -2.38. The molecule has 34 heavy (non-hydrogen) atoms. The molecule has 0 unspecified atom stereocenters. The standard InChI is InChI=1S/C27H28N2O4S/c1-17-7-9-18(10-8-17)25(30)28-22(15-20-6-5-13-34-20)26(31)29-23-16-27(2,3)33-24-12-11-19(32-4)14-21(23)24/h5-15,23H,16H2,1-4H3,(H,28,30)(H,29,31)/b22-15-/t23-/m0/s1. The van der Waals surface area contributed by atoms with Crippen molar-refractivity contribution in [3.63, 3.8) is 0 Å². The third-order valence-corrected chi connectivity index (χ3v) is 6.44. The Hall–Kier alpha value is -3.58. The second-order valence-electron chi connectivity index (χ2n) is 8.89. The van der Waals surface area contributed by atoms with Gasteiger partial charge in [-0.05, 0) is 68.6 Å². The van der Waals surface area contributed by atoms with Crippen LogP contribution in [-0.2, 0) is 4.79 Å². The molecule has 2 N–H and O–H groups in total. The van der Waals surface area contributed by atoms with E-state index in [4.69, 9.17) is 9.47 Å². The van der Waals surface area contributed by atoms with E-state index in [2.05, 4.69) is 10.6 Å². The molecule has 0 spiro atoms. The Balaban J connectivity index is 1.62. The summed E-state index contributed by atoms with van der Waals surface area (Å²) in [6, 6.07) is 16.3. The number of carbonyl (C=O) groups is 2. The van der Waals surface area contributed by atoms with Gasteiger partial charge in [0.25, 0.3) is 11.8 Å². The molecule has 1 aliphatic rings.